The molecule has 1 heterocycles. The van der Waals surface area contributed by atoms with Gasteiger partial charge in [0.1, 0.15) is 0 Å². The molecule has 1 aromatic heterocycles. The van der Waals surface area contributed by atoms with E-state index in [4.69, 9.17) is 4.98 Å². The van der Waals surface area contributed by atoms with Gasteiger partial charge in [-0.3, -0.25) is 4.98 Å². The van der Waals surface area contributed by atoms with Crippen LogP contribution >= 0.6 is 0 Å². The van der Waals surface area contributed by atoms with Crippen LogP contribution < -0.4 is 5.19 Å². The molecule has 0 aliphatic heterocycles. The molecule has 0 amide bonds. The lowest BCUT2D eigenvalue weighted by molar-refractivity contribution is 1.34. The van der Waals surface area contributed by atoms with E-state index >= 15 is 0 Å². The molecule has 182 valence electrons. The van der Waals surface area contributed by atoms with E-state index in [1.807, 2.05) is 0 Å². The summed E-state index contributed by atoms with van der Waals surface area (Å²) in [4.78, 5) is 4.89. The maximum absolute atomic E-state index is 4.89. The van der Waals surface area contributed by atoms with Crippen LogP contribution in [0.4, 0.5) is 0 Å². The van der Waals surface area contributed by atoms with Crippen LogP contribution in [0.3, 0.4) is 0 Å². The van der Waals surface area contributed by atoms with Crippen molar-refractivity contribution in [2.45, 2.75) is 19.6 Å². The summed E-state index contributed by atoms with van der Waals surface area (Å²) in [6.45, 7) is 7.10. The summed E-state index contributed by atoms with van der Waals surface area (Å²) in [5.41, 5.74) is 4.67. The second-order valence-corrected chi connectivity index (χ2v) is 16.4. The van der Waals surface area contributed by atoms with Crippen molar-refractivity contribution in [3.8, 4) is 22.4 Å². The third-order valence-electron chi connectivity index (χ3n) is 7.84. The van der Waals surface area contributed by atoms with Gasteiger partial charge in [-0.15, -0.1) is 0 Å². The standard InChI is InChI=1S/C36H29NSi/c1-38(2,3)29-16-19-36(37-23-29)28-15-18-33-31-11-7-6-10-30(31)32-17-14-27(21-34(32)35(33)22-28)26-13-12-24-8-4-5-9-25(24)20-26/h4-23H,1-3H3. The highest BCUT2D eigenvalue weighted by Crippen LogP contribution is 2.39. The molecule has 0 N–H and O–H groups in total. The van der Waals surface area contributed by atoms with Gasteiger partial charge in [-0.1, -0.05) is 111 Å². The van der Waals surface area contributed by atoms with Gasteiger partial charge >= 0.3 is 0 Å². The van der Waals surface area contributed by atoms with Crippen molar-refractivity contribution in [1.29, 1.82) is 0 Å². The van der Waals surface area contributed by atoms with Crippen LogP contribution in [0.5, 0.6) is 0 Å². The van der Waals surface area contributed by atoms with Gasteiger partial charge in [0.15, 0.2) is 0 Å². The molecule has 7 rings (SSSR count). The fourth-order valence-electron chi connectivity index (χ4n) is 5.67. The first-order valence-electron chi connectivity index (χ1n) is 13.3. The molecule has 0 saturated carbocycles. The Balaban J connectivity index is 1.47. The Morgan fingerprint density at radius 1 is 0.447 bits per heavy atom. The Hall–Kier alpha value is -4.27. The zero-order chi connectivity index (χ0) is 25.9. The van der Waals surface area contributed by atoms with E-state index in [0.29, 0.717) is 0 Å². The van der Waals surface area contributed by atoms with E-state index in [2.05, 4.69) is 141 Å². The normalized spacial score (nSPS) is 12.1. The minimum absolute atomic E-state index is 1.03. The Morgan fingerprint density at radius 2 is 1.00 bits per heavy atom. The van der Waals surface area contributed by atoms with E-state index in [9.17, 15) is 0 Å². The Kier molecular flexibility index (Phi) is 5.21. The minimum atomic E-state index is -1.39. The summed E-state index contributed by atoms with van der Waals surface area (Å²) >= 11 is 0. The molecule has 0 radical (unpaired) electrons. The zero-order valence-electron chi connectivity index (χ0n) is 22.0. The van der Waals surface area contributed by atoms with Crippen molar-refractivity contribution in [2.75, 3.05) is 0 Å². The summed E-state index contributed by atoms with van der Waals surface area (Å²) in [5.74, 6) is 0. The third kappa shape index (κ3) is 3.80. The topological polar surface area (TPSA) is 12.9 Å². The first kappa shape index (κ1) is 22.9. The van der Waals surface area contributed by atoms with Gasteiger partial charge in [0.25, 0.3) is 0 Å². The van der Waals surface area contributed by atoms with E-state index < -0.39 is 8.07 Å². The van der Waals surface area contributed by atoms with Gasteiger partial charge in [0.05, 0.1) is 13.8 Å². The highest BCUT2D eigenvalue weighted by molar-refractivity contribution is 6.88. The maximum atomic E-state index is 4.89. The fraction of sp³-hybridized carbons (Fsp3) is 0.0833. The smallest absolute Gasteiger partial charge is 0.0796 e. The molecule has 0 unspecified atom stereocenters. The Labute approximate surface area is 224 Å². The molecule has 0 fully saturated rings. The molecule has 38 heavy (non-hydrogen) atoms. The molecule has 1 nitrogen and oxygen atoms in total. The van der Waals surface area contributed by atoms with Crippen LogP contribution in [0.25, 0.3) is 65.5 Å². The predicted octanol–water partition coefficient (Wildman–Crippen LogP) is 9.57. The summed E-state index contributed by atoms with van der Waals surface area (Å²) in [5, 5.41) is 11.6. The molecular weight excluding hydrogens is 474 g/mol. The largest absolute Gasteiger partial charge is 0.256 e. The Morgan fingerprint density at radius 3 is 1.66 bits per heavy atom. The monoisotopic (exact) mass is 503 g/mol. The van der Waals surface area contributed by atoms with E-state index in [0.717, 1.165) is 11.3 Å². The first-order valence-corrected chi connectivity index (χ1v) is 16.8. The van der Waals surface area contributed by atoms with E-state index in [-0.39, 0.29) is 0 Å². The van der Waals surface area contributed by atoms with Crippen molar-refractivity contribution >= 4 is 56.4 Å². The summed E-state index contributed by atoms with van der Waals surface area (Å²) in [6, 6.07) is 42.4. The number of pyridine rings is 1. The third-order valence-corrected chi connectivity index (χ3v) is 9.87. The number of fused-ring (bicyclic) bond motifs is 7. The van der Waals surface area contributed by atoms with Gasteiger partial charge in [-0.25, -0.2) is 0 Å². The average molecular weight is 504 g/mol. The molecule has 0 saturated heterocycles. The highest BCUT2D eigenvalue weighted by atomic mass is 28.3. The molecule has 0 atom stereocenters. The van der Waals surface area contributed by atoms with Gasteiger partial charge in [-0.05, 0) is 83.7 Å². The maximum Gasteiger partial charge on any atom is 0.0796 e. The SMILES string of the molecule is C[Si](C)(C)c1ccc(-c2ccc3c4ccccc4c4ccc(-c5ccc6ccccc6c5)cc4c3c2)nc1. The summed E-state index contributed by atoms with van der Waals surface area (Å²) in [6.07, 6.45) is 2.09. The van der Waals surface area contributed by atoms with Gasteiger partial charge < -0.3 is 0 Å². The number of hydrogen-bond donors (Lipinski definition) is 0. The molecule has 7 aromatic rings. The van der Waals surface area contributed by atoms with Crippen LogP contribution in [-0.4, -0.2) is 13.1 Å². The Bertz CT molecular complexity index is 2000. The molecule has 0 aliphatic rings. The van der Waals surface area contributed by atoms with Crippen LogP contribution in [0.2, 0.25) is 19.6 Å². The predicted molar refractivity (Wildman–Crippen MR) is 168 cm³/mol. The molecule has 2 heteroatoms. The number of benzene rings is 6. The summed E-state index contributed by atoms with van der Waals surface area (Å²) < 4.78 is 0. The lowest BCUT2D eigenvalue weighted by atomic mass is 9.90. The lowest BCUT2D eigenvalue weighted by Crippen LogP contribution is -2.37. The number of rotatable bonds is 3. The second kappa shape index (κ2) is 8.65. The molecular formula is C36H29NSi. The van der Waals surface area contributed by atoms with Gasteiger partial charge in [0, 0.05) is 11.8 Å². The average Bonchev–Trinajstić information content (AvgIpc) is 2.96. The van der Waals surface area contributed by atoms with Crippen molar-refractivity contribution in [1.82, 2.24) is 4.98 Å². The zero-order valence-corrected chi connectivity index (χ0v) is 23.0. The van der Waals surface area contributed by atoms with Crippen LogP contribution in [0.1, 0.15) is 0 Å². The second-order valence-electron chi connectivity index (χ2n) is 11.3. The summed E-state index contributed by atoms with van der Waals surface area (Å²) in [7, 11) is -1.39. The van der Waals surface area contributed by atoms with Gasteiger partial charge in [0.2, 0.25) is 0 Å². The van der Waals surface area contributed by atoms with Crippen molar-refractivity contribution < 1.29 is 0 Å². The lowest BCUT2D eigenvalue weighted by Gasteiger charge is -2.16. The van der Waals surface area contributed by atoms with Gasteiger partial charge in [-0.2, -0.15) is 0 Å². The molecule has 6 aromatic carbocycles. The first-order chi connectivity index (χ1) is 18.5. The molecule has 0 aliphatic carbocycles. The fourth-order valence-corrected chi connectivity index (χ4v) is 6.71. The molecule has 0 bridgehead atoms. The number of aromatic nitrogens is 1. The van der Waals surface area contributed by atoms with Crippen LogP contribution in [0, 0.1) is 0 Å². The number of hydrogen-bond acceptors (Lipinski definition) is 1. The highest BCUT2D eigenvalue weighted by Gasteiger charge is 2.17. The minimum Gasteiger partial charge on any atom is -0.256 e. The van der Waals surface area contributed by atoms with Crippen molar-refractivity contribution in [2.24, 2.45) is 0 Å². The van der Waals surface area contributed by atoms with Crippen LogP contribution in [0.15, 0.2) is 121 Å². The van der Waals surface area contributed by atoms with Crippen molar-refractivity contribution in [3.05, 3.63) is 121 Å². The van der Waals surface area contributed by atoms with E-state index in [1.54, 1.807) is 0 Å². The van der Waals surface area contributed by atoms with Crippen molar-refractivity contribution in [3.63, 3.8) is 0 Å². The molecule has 0 spiro atoms. The number of nitrogens with zero attached hydrogens (tertiary/aromatic N) is 1. The van der Waals surface area contributed by atoms with E-state index in [1.165, 1.54) is 59.4 Å². The quantitative estimate of drug-likeness (QED) is 0.173. The van der Waals surface area contributed by atoms with Crippen LogP contribution in [-0.2, 0) is 0 Å².